The number of halogens is 5. The molecule has 2 amide bonds. The molecule has 0 aliphatic heterocycles. The number of H-pyrrole nitrogens is 1. The number of carbonyl (C=O) groups is 1. The largest absolute Gasteiger partial charge is 0.359 e. The molecule has 2 aromatic heterocycles. The summed E-state index contributed by atoms with van der Waals surface area (Å²) in [5.41, 5.74) is 2.78. The van der Waals surface area contributed by atoms with Crippen molar-refractivity contribution in [3.8, 4) is 11.1 Å². The van der Waals surface area contributed by atoms with Crippen LogP contribution in [0.3, 0.4) is 0 Å². The van der Waals surface area contributed by atoms with Crippen LogP contribution in [0.5, 0.6) is 0 Å². The minimum absolute atomic E-state index is 0.00108. The Hall–Kier alpha value is -3.59. The van der Waals surface area contributed by atoms with Crippen molar-refractivity contribution in [2.24, 2.45) is 0 Å². The number of hydrogen-bond donors (Lipinski definition) is 3. The summed E-state index contributed by atoms with van der Waals surface area (Å²) in [6, 6.07) is 10.2. The number of alkyl halides is 2. The average molecular weight is 489 g/mol. The van der Waals surface area contributed by atoms with Gasteiger partial charge in [0, 0.05) is 47.8 Å². The zero-order chi connectivity index (χ0) is 24.0. The molecule has 0 saturated heterocycles. The van der Waals surface area contributed by atoms with Gasteiger partial charge in [-0.15, -0.1) is 0 Å². The summed E-state index contributed by atoms with van der Waals surface area (Å²) >= 11 is 5.89. The SMILES string of the molecule is O=C(Nc1cc(F)c(C2CC(F)(F)C2)cn1)Nc1c[nH]c2ccc(-c3ccc(F)c(Cl)c3)cc12. The first kappa shape index (κ1) is 22.2. The van der Waals surface area contributed by atoms with Crippen LogP contribution in [0.1, 0.15) is 24.3 Å². The fourth-order valence-corrected chi connectivity index (χ4v) is 4.22. The third kappa shape index (κ3) is 4.31. The highest BCUT2D eigenvalue weighted by atomic mass is 35.5. The van der Waals surface area contributed by atoms with Gasteiger partial charge in [-0.3, -0.25) is 5.32 Å². The lowest BCUT2D eigenvalue weighted by Gasteiger charge is -2.35. The molecule has 0 unspecified atom stereocenters. The second-order valence-electron chi connectivity index (χ2n) is 8.22. The van der Waals surface area contributed by atoms with Crippen LogP contribution in [0.4, 0.5) is 33.9 Å². The second kappa shape index (κ2) is 8.32. The lowest BCUT2D eigenvalue weighted by atomic mass is 9.77. The molecule has 34 heavy (non-hydrogen) atoms. The van der Waals surface area contributed by atoms with Crippen molar-refractivity contribution in [2.75, 3.05) is 10.6 Å². The lowest BCUT2D eigenvalue weighted by molar-refractivity contribution is -0.0873. The Bertz CT molecular complexity index is 1410. The van der Waals surface area contributed by atoms with Gasteiger partial charge in [-0.2, -0.15) is 0 Å². The standard InChI is InChI=1S/C24H17ClF4N4O/c25-17-6-13(1-3-18(17)26)12-2-4-20-15(5-12)21(11-30-20)32-23(34)33-22-7-19(27)16(10-31-22)14-8-24(28,29)9-14/h1-7,10-11,14,30H,8-9H2,(H2,31,32,33,34). The first-order valence-electron chi connectivity index (χ1n) is 10.4. The van der Waals surface area contributed by atoms with E-state index in [-0.39, 0.29) is 16.4 Å². The third-order valence-electron chi connectivity index (χ3n) is 5.84. The van der Waals surface area contributed by atoms with Gasteiger partial charge in [0.1, 0.15) is 17.5 Å². The highest BCUT2D eigenvalue weighted by Crippen LogP contribution is 2.48. The van der Waals surface area contributed by atoms with Gasteiger partial charge >= 0.3 is 6.03 Å². The van der Waals surface area contributed by atoms with Crippen LogP contribution in [0.25, 0.3) is 22.0 Å². The van der Waals surface area contributed by atoms with Gasteiger partial charge in [0.15, 0.2) is 0 Å². The van der Waals surface area contributed by atoms with Crippen molar-refractivity contribution in [2.45, 2.75) is 24.7 Å². The molecule has 10 heteroatoms. The average Bonchev–Trinajstić information content (AvgIpc) is 3.16. The Morgan fingerprint density at radius 1 is 1.03 bits per heavy atom. The fourth-order valence-electron chi connectivity index (χ4n) is 4.04. The van der Waals surface area contributed by atoms with E-state index in [2.05, 4.69) is 20.6 Å². The normalized spacial score (nSPS) is 15.2. The number of nitrogens with zero attached hydrogens (tertiary/aromatic N) is 1. The lowest BCUT2D eigenvalue weighted by Crippen LogP contribution is -2.34. The predicted molar refractivity (Wildman–Crippen MR) is 122 cm³/mol. The molecule has 0 bridgehead atoms. The molecule has 2 heterocycles. The maximum atomic E-state index is 14.4. The Morgan fingerprint density at radius 2 is 1.76 bits per heavy atom. The number of aromatic amines is 1. The number of rotatable bonds is 4. The summed E-state index contributed by atoms with van der Waals surface area (Å²) in [5, 5.41) is 5.80. The minimum Gasteiger partial charge on any atom is -0.359 e. The molecule has 5 nitrogen and oxygen atoms in total. The summed E-state index contributed by atoms with van der Waals surface area (Å²) in [4.78, 5) is 19.5. The number of carbonyl (C=O) groups excluding carboxylic acids is 1. The zero-order valence-electron chi connectivity index (χ0n) is 17.4. The van der Waals surface area contributed by atoms with Crippen LogP contribution in [0.2, 0.25) is 5.02 Å². The Kier molecular flexibility index (Phi) is 5.44. The van der Waals surface area contributed by atoms with Gasteiger partial charge in [-0.05, 0) is 41.3 Å². The van der Waals surface area contributed by atoms with Crippen molar-refractivity contribution < 1.29 is 22.4 Å². The summed E-state index contributed by atoms with van der Waals surface area (Å²) in [7, 11) is 0. The van der Waals surface area contributed by atoms with Gasteiger partial charge in [-0.25, -0.2) is 27.3 Å². The summed E-state index contributed by atoms with van der Waals surface area (Å²) < 4.78 is 54.0. The predicted octanol–water partition coefficient (Wildman–Crippen LogP) is 7.32. The van der Waals surface area contributed by atoms with E-state index in [4.69, 9.17) is 11.6 Å². The molecule has 0 radical (unpaired) electrons. The minimum atomic E-state index is -2.77. The molecule has 4 aromatic rings. The van der Waals surface area contributed by atoms with E-state index in [1.165, 1.54) is 18.3 Å². The topological polar surface area (TPSA) is 69.8 Å². The number of aromatic nitrogens is 2. The van der Waals surface area contributed by atoms with Gasteiger partial charge in [0.2, 0.25) is 5.92 Å². The maximum absolute atomic E-state index is 14.4. The van der Waals surface area contributed by atoms with Crippen LogP contribution in [-0.2, 0) is 0 Å². The highest BCUT2D eigenvalue weighted by Gasteiger charge is 2.46. The Labute approximate surface area is 196 Å². The van der Waals surface area contributed by atoms with Gasteiger partial charge in [-0.1, -0.05) is 23.7 Å². The van der Waals surface area contributed by atoms with E-state index in [1.54, 1.807) is 12.3 Å². The van der Waals surface area contributed by atoms with Crippen molar-refractivity contribution in [1.29, 1.82) is 0 Å². The van der Waals surface area contributed by atoms with E-state index >= 15 is 0 Å². The summed E-state index contributed by atoms with van der Waals surface area (Å²) in [6.07, 6.45) is 1.95. The van der Waals surface area contributed by atoms with Crippen LogP contribution < -0.4 is 10.6 Å². The molecule has 1 aliphatic carbocycles. The zero-order valence-corrected chi connectivity index (χ0v) is 18.2. The number of nitrogens with one attached hydrogen (secondary N) is 3. The molecule has 5 rings (SSSR count). The number of urea groups is 1. The van der Waals surface area contributed by atoms with E-state index in [0.717, 1.165) is 17.1 Å². The maximum Gasteiger partial charge on any atom is 0.324 e. The van der Waals surface area contributed by atoms with Crippen LogP contribution in [0, 0.1) is 11.6 Å². The summed E-state index contributed by atoms with van der Waals surface area (Å²) in [6.45, 7) is 0. The van der Waals surface area contributed by atoms with Crippen LogP contribution >= 0.6 is 11.6 Å². The molecule has 0 atom stereocenters. The van der Waals surface area contributed by atoms with Crippen LogP contribution in [-0.4, -0.2) is 21.9 Å². The molecule has 2 aromatic carbocycles. The first-order chi connectivity index (χ1) is 16.2. The number of benzene rings is 2. The quantitative estimate of drug-likeness (QED) is 0.263. The van der Waals surface area contributed by atoms with E-state index < -0.39 is 42.3 Å². The molecule has 1 aliphatic rings. The van der Waals surface area contributed by atoms with Crippen molar-refractivity contribution >= 4 is 40.0 Å². The Morgan fingerprint density at radius 3 is 2.47 bits per heavy atom. The molecular formula is C24H17ClF4N4O. The summed E-state index contributed by atoms with van der Waals surface area (Å²) in [5.74, 6) is -4.61. The molecule has 1 fully saturated rings. The Balaban J connectivity index is 1.31. The van der Waals surface area contributed by atoms with Gasteiger partial charge < -0.3 is 10.3 Å². The van der Waals surface area contributed by atoms with Crippen LogP contribution in [0.15, 0.2) is 54.9 Å². The third-order valence-corrected chi connectivity index (χ3v) is 6.13. The number of amides is 2. The van der Waals surface area contributed by atoms with Crippen molar-refractivity contribution in [3.63, 3.8) is 0 Å². The first-order valence-corrected chi connectivity index (χ1v) is 10.7. The molecule has 3 N–H and O–H groups in total. The molecule has 1 saturated carbocycles. The smallest absolute Gasteiger partial charge is 0.324 e. The molecular weight excluding hydrogens is 472 g/mol. The second-order valence-corrected chi connectivity index (χ2v) is 8.63. The van der Waals surface area contributed by atoms with Gasteiger partial charge in [0.05, 0.1) is 10.7 Å². The van der Waals surface area contributed by atoms with Crippen molar-refractivity contribution in [3.05, 3.63) is 77.1 Å². The van der Waals surface area contributed by atoms with E-state index in [0.29, 0.717) is 16.6 Å². The molecule has 0 spiro atoms. The number of anilines is 2. The van der Waals surface area contributed by atoms with Gasteiger partial charge in [0.25, 0.3) is 0 Å². The van der Waals surface area contributed by atoms with E-state index in [1.807, 2.05) is 18.2 Å². The van der Waals surface area contributed by atoms with Crippen molar-refractivity contribution in [1.82, 2.24) is 9.97 Å². The fraction of sp³-hybridized carbons (Fsp3) is 0.167. The molecule has 174 valence electrons. The number of fused-ring (bicyclic) bond motifs is 1. The van der Waals surface area contributed by atoms with E-state index in [9.17, 15) is 22.4 Å². The highest BCUT2D eigenvalue weighted by molar-refractivity contribution is 6.31. The number of pyridine rings is 1. The number of hydrogen-bond acceptors (Lipinski definition) is 2. The monoisotopic (exact) mass is 488 g/mol.